The number of carbonyl (C=O) groups excluding carboxylic acids is 1. The molecule has 0 fully saturated rings. The Balaban J connectivity index is 2.08. The largest absolute Gasteiger partial charge is 0.325 e. The molecule has 23 heavy (non-hydrogen) atoms. The molecule has 1 atom stereocenters. The maximum atomic E-state index is 13.3. The van der Waals surface area contributed by atoms with E-state index in [1.165, 1.54) is 17.8 Å². The van der Waals surface area contributed by atoms with Gasteiger partial charge in [0.15, 0.2) is 0 Å². The first-order valence-electron chi connectivity index (χ1n) is 6.54. The number of nitro benzene ring substituents is 1. The molecule has 0 aliphatic heterocycles. The van der Waals surface area contributed by atoms with Crippen LogP contribution in [0.1, 0.15) is 6.92 Å². The number of halogens is 2. The van der Waals surface area contributed by atoms with Crippen molar-refractivity contribution in [1.82, 2.24) is 0 Å². The summed E-state index contributed by atoms with van der Waals surface area (Å²) in [5.74, 6) is -1.32. The maximum Gasteiger partial charge on any atom is 0.306 e. The lowest BCUT2D eigenvalue weighted by atomic mass is 10.2. The van der Waals surface area contributed by atoms with Crippen LogP contribution in [-0.2, 0) is 4.79 Å². The summed E-state index contributed by atoms with van der Waals surface area (Å²) in [4.78, 5) is 22.8. The fourth-order valence-corrected chi connectivity index (χ4v) is 2.91. The molecular formula is C15H12ClFN2O3S. The molecule has 0 aliphatic carbocycles. The lowest BCUT2D eigenvalue weighted by molar-refractivity contribution is -0.387. The van der Waals surface area contributed by atoms with Crippen molar-refractivity contribution in [3.05, 3.63) is 63.4 Å². The molecule has 0 unspecified atom stereocenters. The summed E-state index contributed by atoms with van der Waals surface area (Å²) in [6.45, 7) is 1.68. The summed E-state index contributed by atoms with van der Waals surface area (Å²) in [5.41, 5.74) is -0.524. The van der Waals surface area contributed by atoms with Crippen molar-refractivity contribution in [1.29, 1.82) is 0 Å². The quantitative estimate of drug-likeness (QED) is 0.487. The van der Waals surface area contributed by atoms with Gasteiger partial charge < -0.3 is 5.32 Å². The van der Waals surface area contributed by atoms with Gasteiger partial charge in [0.05, 0.1) is 15.2 Å². The van der Waals surface area contributed by atoms with Crippen molar-refractivity contribution >= 4 is 40.6 Å². The minimum Gasteiger partial charge on any atom is -0.325 e. The van der Waals surface area contributed by atoms with Crippen LogP contribution in [-0.4, -0.2) is 16.1 Å². The Morgan fingerprint density at radius 3 is 2.70 bits per heavy atom. The molecule has 1 amide bonds. The normalized spacial score (nSPS) is 11.8. The van der Waals surface area contributed by atoms with Gasteiger partial charge in [0.2, 0.25) is 11.7 Å². The second-order valence-corrected chi connectivity index (χ2v) is 6.39. The first-order chi connectivity index (χ1) is 10.9. The van der Waals surface area contributed by atoms with Crippen LogP contribution in [0.15, 0.2) is 47.4 Å². The number of hydrogen-bond donors (Lipinski definition) is 1. The highest BCUT2D eigenvalue weighted by Gasteiger charge is 2.19. The molecule has 5 nitrogen and oxygen atoms in total. The van der Waals surface area contributed by atoms with Crippen LogP contribution in [0.3, 0.4) is 0 Å². The predicted octanol–water partition coefficient (Wildman–Crippen LogP) is 4.51. The van der Waals surface area contributed by atoms with Gasteiger partial charge in [-0.25, -0.2) is 0 Å². The van der Waals surface area contributed by atoms with Crippen molar-refractivity contribution in [2.45, 2.75) is 17.1 Å². The summed E-state index contributed by atoms with van der Waals surface area (Å²) in [6, 6.07) is 10.3. The van der Waals surface area contributed by atoms with E-state index in [1.807, 2.05) is 6.07 Å². The number of thioether (sulfide) groups is 1. The van der Waals surface area contributed by atoms with Crippen molar-refractivity contribution in [3.63, 3.8) is 0 Å². The molecule has 0 aliphatic rings. The minimum atomic E-state index is -0.952. The molecule has 0 spiro atoms. The Bertz CT molecular complexity index is 757. The van der Waals surface area contributed by atoms with Gasteiger partial charge in [0.1, 0.15) is 0 Å². The van der Waals surface area contributed by atoms with Gasteiger partial charge in [-0.1, -0.05) is 23.7 Å². The fraction of sp³-hybridized carbons (Fsp3) is 0.133. The molecule has 8 heteroatoms. The van der Waals surface area contributed by atoms with Crippen molar-refractivity contribution < 1.29 is 14.1 Å². The lowest BCUT2D eigenvalue weighted by Crippen LogP contribution is -2.22. The summed E-state index contributed by atoms with van der Waals surface area (Å²) in [7, 11) is 0. The zero-order valence-electron chi connectivity index (χ0n) is 12.0. The molecule has 2 aromatic carbocycles. The molecule has 0 bridgehead atoms. The second kappa shape index (κ2) is 7.43. The van der Waals surface area contributed by atoms with Crippen LogP contribution in [0.5, 0.6) is 0 Å². The number of nitro groups is 1. The van der Waals surface area contributed by atoms with Crippen molar-refractivity contribution in [2.24, 2.45) is 0 Å². The standard InChI is InChI=1S/C15H12ClFN2O3S/c1-9(23-14-5-3-2-4-11(14)16)15(20)18-10-6-7-12(17)13(8-10)19(21)22/h2-9H,1H3,(H,18,20)/t9-/m0/s1. The highest BCUT2D eigenvalue weighted by Crippen LogP contribution is 2.30. The van der Waals surface area contributed by atoms with E-state index in [-0.39, 0.29) is 11.6 Å². The van der Waals surface area contributed by atoms with Gasteiger partial charge in [-0.15, -0.1) is 11.8 Å². The fourth-order valence-electron chi connectivity index (χ4n) is 1.76. The van der Waals surface area contributed by atoms with E-state index < -0.39 is 21.7 Å². The number of rotatable bonds is 5. The van der Waals surface area contributed by atoms with Crippen LogP contribution in [0, 0.1) is 15.9 Å². The summed E-state index contributed by atoms with van der Waals surface area (Å²) in [6.07, 6.45) is 0. The molecule has 0 radical (unpaired) electrons. The number of nitrogens with one attached hydrogen (secondary N) is 1. The maximum absolute atomic E-state index is 13.3. The van der Waals surface area contributed by atoms with E-state index in [2.05, 4.69) is 5.32 Å². The Labute approximate surface area is 141 Å². The van der Waals surface area contributed by atoms with Gasteiger partial charge in [0, 0.05) is 16.6 Å². The summed E-state index contributed by atoms with van der Waals surface area (Å²) < 4.78 is 13.3. The van der Waals surface area contributed by atoms with E-state index >= 15 is 0 Å². The van der Waals surface area contributed by atoms with Gasteiger partial charge in [-0.05, 0) is 31.2 Å². The molecule has 0 heterocycles. The molecule has 1 N–H and O–H groups in total. The summed E-state index contributed by atoms with van der Waals surface area (Å²) in [5, 5.41) is 13.3. The number of nitrogens with zero attached hydrogens (tertiary/aromatic N) is 1. The number of amides is 1. The molecule has 0 aromatic heterocycles. The number of carbonyl (C=O) groups is 1. The SMILES string of the molecule is C[C@H](Sc1ccccc1Cl)C(=O)Nc1ccc(F)c([N+](=O)[O-])c1. The number of hydrogen-bond acceptors (Lipinski definition) is 4. The number of benzene rings is 2. The van der Waals surface area contributed by atoms with Gasteiger partial charge in [-0.2, -0.15) is 4.39 Å². The molecule has 120 valence electrons. The molecule has 2 aromatic rings. The summed E-state index contributed by atoms with van der Waals surface area (Å²) >= 11 is 7.30. The predicted molar refractivity (Wildman–Crippen MR) is 88.5 cm³/mol. The molecule has 2 rings (SSSR count). The lowest BCUT2D eigenvalue weighted by Gasteiger charge is -2.12. The first-order valence-corrected chi connectivity index (χ1v) is 7.80. The van der Waals surface area contributed by atoms with Crippen LogP contribution in [0.4, 0.5) is 15.8 Å². The van der Waals surface area contributed by atoms with Crippen LogP contribution in [0.25, 0.3) is 0 Å². The van der Waals surface area contributed by atoms with Gasteiger partial charge >= 0.3 is 5.69 Å². The Morgan fingerprint density at radius 1 is 1.35 bits per heavy atom. The van der Waals surface area contributed by atoms with Gasteiger partial charge in [0.25, 0.3) is 0 Å². The van der Waals surface area contributed by atoms with Crippen molar-refractivity contribution in [3.8, 4) is 0 Å². The van der Waals surface area contributed by atoms with E-state index in [0.717, 1.165) is 17.0 Å². The molecule has 0 saturated carbocycles. The van der Waals surface area contributed by atoms with Crippen molar-refractivity contribution in [2.75, 3.05) is 5.32 Å². The van der Waals surface area contributed by atoms with Crippen LogP contribution >= 0.6 is 23.4 Å². The third kappa shape index (κ3) is 4.43. The average molecular weight is 355 g/mol. The monoisotopic (exact) mass is 354 g/mol. The van der Waals surface area contributed by atoms with Crippen LogP contribution < -0.4 is 5.32 Å². The van der Waals surface area contributed by atoms with E-state index in [0.29, 0.717) is 5.02 Å². The second-order valence-electron chi connectivity index (χ2n) is 4.60. The zero-order valence-corrected chi connectivity index (χ0v) is 13.5. The number of anilines is 1. The highest BCUT2D eigenvalue weighted by atomic mass is 35.5. The highest BCUT2D eigenvalue weighted by molar-refractivity contribution is 8.00. The third-order valence-corrected chi connectivity index (χ3v) is 4.54. The Kier molecular flexibility index (Phi) is 5.57. The third-order valence-electron chi connectivity index (χ3n) is 2.92. The average Bonchev–Trinajstić information content (AvgIpc) is 2.51. The smallest absolute Gasteiger partial charge is 0.306 e. The zero-order chi connectivity index (χ0) is 17.0. The Hall–Kier alpha value is -2.12. The Morgan fingerprint density at radius 2 is 2.04 bits per heavy atom. The van der Waals surface area contributed by atoms with E-state index in [9.17, 15) is 19.3 Å². The molecular weight excluding hydrogens is 343 g/mol. The van der Waals surface area contributed by atoms with E-state index in [4.69, 9.17) is 11.6 Å². The van der Waals surface area contributed by atoms with Crippen LogP contribution in [0.2, 0.25) is 5.02 Å². The van der Waals surface area contributed by atoms with E-state index in [1.54, 1.807) is 25.1 Å². The first kappa shape index (κ1) is 17.2. The minimum absolute atomic E-state index is 0.162. The molecule has 0 saturated heterocycles. The van der Waals surface area contributed by atoms with Gasteiger partial charge in [-0.3, -0.25) is 14.9 Å². The topological polar surface area (TPSA) is 72.2 Å².